The lowest BCUT2D eigenvalue weighted by atomic mass is 10.0. The van der Waals surface area contributed by atoms with Crippen molar-refractivity contribution >= 4 is 0 Å². The van der Waals surface area contributed by atoms with Gasteiger partial charge in [-0.05, 0) is 30.7 Å². The van der Waals surface area contributed by atoms with Gasteiger partial charge in [0.2, 0.25) is 0 Å². The molecule has 1 aromatic carbocycles. The van der Waals surface area contributed by atoms with Crippen molar-refractivity contribution in [2.24, 2.45) is 5.73 Å². The summed E-state index contributed by atoms with van der Waals surface area (Å²) in [6, 6.07) is 6.47. The monoisotopic (exact) mass is 246 g/mol. The van der Waals surface area contributed by atoms with Crippen LogP contribution in [-0.2, 0) is 0 Å². The Hall–Kier alpha value is -1.94. The average molecular weight is 246 g/mol. The summed E-state index contributed by atoms with van der Waals surface area (Å²) in [4.78, 5) is 4.09. The molecule has 0 radical (unpaired) electrons. The first kappa shape index (κ1) is 12.5. The smallest absolute Gasteiger partial charge is 0.134 e. The van der Waals surface area contributed by atoms with E-state index in [-0.39, 0.29) is 11.9 Å². The number of ether oxygens (including phenoxy) is 1. The molecule has 1 aromatic heterocycles. The average Bonchev–Trinajstić information content (AvgIpc) is 2.38. The van der Waals surface area contributed by atoms with Crippen molar-refractivity contribution in [3.05, 3.63) is 48.0 Å². The maximum Gasteiger partial charge on any atom is 0.134 e. The van der Waals surface area contributed by atoms with E-state index in [1.807, 2.05) is 13.0 Å². The van der Waals surface area contributed by atoms with E-state index >= 15 is 0 Å². The van der Waals surface area contributed by atoms with Crippen molar-refractivity contribution in [2.75, 3.05) is 7.11 Å². The molecule has 0 aliphatic rings. The molecule has 18 heavy (non-hydrogen) atoms. The zero-order valence-electron chi connectivity index (χ0n) is 10.4. The van der Waals surface area contributed by atoms with Gasteiger partial charge in [-0.25, -0.2) is 4.39 Å². The van der Waals surface area contributed by atoms with Crippen molar-refractivity contribution in [3.63, 3.8) is 0 Å². The van der Waals surface area contributed by atoms with E-state index in [2.05, 4.69) is 4.98 Å². The van der Waals surface area contributed by atoms with E-state index in [1.165, 1.54) is 13.2 Å². The molecule has 2 aromatic rings. The van der Waals surface area contributed by atoms with Crippen LogP contribution in [0, 0.1) is 5.82 Å². The molecule has 2 rings (SSSR count). The zero-order valence-corrected chi connectivity index (χ0v) is 10.4. The first-order valence-corrected chi connectivity index (χ1v) is 5.66. The highest BCUT2D eigenvalue weighted by Gasteiger charge is 2.09. The van der Waals surface area contributed by atoms with E-state index < -0.39 is 0 Å². The number of benzene rings is 1. The summed E-state index contributed by atoms with van der Waals surface area (Å²) in [7, 11) is 1.51. The van der Waals surface area contributed by atoms with Crippen LogP contribution >= 0.6 is 0 Å². The Balaban J connectivity index is 2.45. The van der Waals surface area contributed by atoms with Gasteiger partial charge >= 0.3 is 0 Å². The molecule has 1 heterocycles. The van der Waals surface area contributed by atoms with Crippen molar-refractivity contribution < 1.29 is 9.13 Å². The first-order valence-electron chi connectivity index (χ1n) is 5.66. The molecule has 1 atom stereocenters. The van der Waals surface area contributed by atoms with Crippen LogP contribution in [0.4, 0.5) is 4.39 Å². The molecule has 94 valence electrons. The molecule has 2 N–H and O–H groups in total. The lowest BCUT2D eigenvalue weighted by molar-refractivity contribution is 0.411. The standard InChI is InChI=1S/C14H15FN2O/c1-9(16)10-5-11(8-17-7-10)13-4-3-12(18-2)6-14(13)15/h3-9H,16H2,1-2H3. The number of pyridine rings is 1. The highest BCUT2D eigenvalue weighted by Crippen LogP contribution is 2.27. The van der Waals surface area contributed by atoms with Crippen LogP contribution in [0.5, 0.6) is 5.75 Å². The predicted octanol–water partition coefficient (Wildman–Crippen LogP) is 2.92. The third-order valence-corrected chi connectivity index (χ3v) is 2.77. The SMILES string of the molecule is COc1ccc(-c2cncc(C(C)N)c2)c(F)c1. The summed E-state index contributed by atoms with van der Waals surface area (Å²) in [5.74, 6) is 0.158. The Morgan fingerprint density at radius 2 is 2.06 bits per heavy atom. The molecule has 0 aliphatic carbocycles. The lowest BCUT2D eigenvalue weighted by Crippen LogP contribution is -2.05. The predicted molar refractivity (Wildman–Crippen MR) is 68.8 cm³/mol. The fraction of sp³-hybridized carbons (Fsp3) is 0.214. The Bertz CT molecular complexity index is 555. The molecule has 0 saturated carbocycles. The van der Waals surface area contributed by atoms with Gasteiger partial charge in [-0.3, -0.25) is 4.98 Å². The second kappa shape index (κ2) is 5.14. The third-order valence-electron chi connectivity index (χ3n) is 2.77. The third kappa shape index (κ3) is 2.49. The fourth-order valence-corrected chi connectivity index (χ4v) is 1.71. The van der Waals surface area contributed by atoms with E-state index in [9.17, 15) is 4.39 Å². The Labute approximate surface area is 105 Å². The van der Waals surface area contributed by atoms with Crippen LogP contribution in [0.3, 0.4) is 0 Å². The Morgan fingerprint density at radius 1 is 1.28 bits per heavy atom. The first-order chi connectivity index (χ1) is 8.61. The number of rotatable bonds is 3. The molecule has 4 heteroatoms. The van der Waals surface area contributed by atoms with Crippen LogP contribution in [0.25, 0.3) is 11.1 Å². The largest absolute Gasteiger partial charge is 0.497 e. The van der Waals surface area contributed by atoms with Crippen molar-refractivity contribution in [1.29, 1.82) is 0 Å². The maximum atomic E-state index is 13.9. The second-order valence-corrected chi connectivity index (χ2v) is 4.14. The minimum absolute atomic E-state index is 0.126. The number of halogens is 1. The summed E-state index contributed by atoms with van der Waals surface area (Å²) < 4.78 is 18.9. The quantitative estimate of drug-likeness (QED) is 0.905. The van der Waals surface area contributed by atoms with Gasteiger partial charge in [0, 0.05) is 35.6 Å². The highest BCUT2D eigenvalue weighted by atomic mass is 19.1. The van der Waals surface area contributed by atoms with Gasteiger partial charge < -0.3 is 10.5 Å². The van der Waals surface area contributed by atoms with E-state index in [4.69, 9.17) is 10.5 Å². The summed E-state index contributed by atoms with van der Waals surface area (Å²) >= 11 is 0. The topological polar surface area (TPSA) is 48.1 Å². The number of hydrogen-bond acceptors (Lipinski definition) is 3. The van der Waals surface area contributed by atoms with Gasteiger partial charge in [0.05, 0.1) is 7.11 Å². The number of hydrogen-bond donors (Lipinski definition) is 1. The molecule has 0 fully saturated rings. The van der Waals surface area contributed by atoms with Crippen LogP contribution < -0.4 is 10.5 Å². The van der Waals surface area contributed by atoms with Crippen molar-refractivity contribution in [3.8, 4) is 16.9 Å². The van der Waals surface area contributed by atoms with Gasteiger partial charge in [-0.2, -0.15) is 0 Å². The fourth-order valence-electron chi connectivity index (χ4n) is 1.71. The molecular formula is C14H15FN2O. The summed E-state index contributed by atoms with van der Waals surface area (Å²) in [5, 5.41) is 0. The number of nitrogens with two attached hydrogens (primary N) is 1. The van der Waals surface area contributed by atoms with Gasteiger partial charge in [0.1, 0.15) is 11.6 Å². The minimum atomic E-state index is -0.335. The van der Waals surface area contributed by atoms with Crippen LogP contribution in [0.15, 0.2) is 36.7 Å². The molecule has 3 nitrogen and oxygen atoms in total. The van der Waals surface area contributed by atoms with Crippen LogP contribution in [0.1, 0.15) is 18.5 Å². The molecule has 0 spiro atoms. The van der Waals surface area contributed by atoms with Gasteiger partial charge in [0.25, 0.3) is 0 Å². The summed E-state index contributed by atoms with van der Waals surface area (Å²) in [6.45, 7) is 1.87. The Morgan fingerprint density at radius 3 is 2.67 bits per heavy atom. The van der Waals surface area contributed by atoms with E-state index in [0.29, 0.717) is 16.9 Å². The molecule has 1 unspecified atom stereocenters. The van der Waals surface area contributed by atoms with Gasteiger partial charge in [0.15, 0.2) is 0 Å². The molecule has 0 saturated heterocycles. The molecule has 0 bridgehead atoms. The normalized spacial score (nSPS) is 12.2. The van der Waals surface area contributed by atoms with E-state index in [0.717, 1.165) is 5.56 Å². The molecular weight excluding hydrogens is 231 g/mol. The Kier molecular flexibility index (Phi) is 3.58. The van der Waals surface area contributed by atoms with Crippen molar-refractivity contribution in [1.82, 2.24) is 4.98 Å². The zero-order chi connectivity index (χ0) is 13.1. The number of aromatic nitrogens is 1. The maximum absolute atomic E-state index is 13.9. The molecule has 0 aliphatic heterocycles. The van der Waals surface area contributed by atoms with Gasteiger partial charge in [-0.15, -0.1) is 0 Å². The summed E-state index contributed by atoms with van der Waals surface area (Å²) in [6.07, 6.45) is 3.31. The van der Waals surface area contributed by atoms with E-state index in [1.54, 1.807) is 24.5 Å². The van der Waals surface area contributed by atoms with Crippen LogP contribution in [0.2, 0.25) is 0 Å². The van der Waals surface area contributed by atoms with Crippen molar-refractivity contribution in [2.45, 2.75) is 13.0 Å². The molecule has 0 amide bonds. The number of nitrogens with zero attached hydrogens (tertiary/aromatic N) is 1. The van der Waals surface area contributed by atoms with Gasteiger partial charge in [-0.1, -0.05) is 0 Å². The highest BCUT2D eigenvalue weighted by molar-refractivity contribution is 5.64. The minimum Gasteiger partial charge on any atom is -0.497 e. The lowest BCUT2D eigenvalue weighted by Gasteiger charge is -2.09. The second-order valence-electron chi connectivity index (χ2n) is 4.14. The summed E-state index contributed by atoms with van der Waals surface area (Å²) in [5.41, 5.74) is 7.87. The van der Waals surface area contributed by atoms with Crippen LogP contribution in [-0.4, -0.2) is 12.1 Å². The number of methoxy groups -OCH3 is 1.